The van der Waals surface area contributed by atoms with Crippen molar-refractivity contribution in [3.63, 3.8) is 0 Å². The number of imidazole rings is 1. The minimum absolute atomic E-state index is 0.176. The van der Waals surface area contributed by atoms with Gasteiger partial charge in [0.25, 0.3) is 10.0 Å². The number of nitrogens with one attached hydrogen (secondary N) is 2. The second-order valence-corrected chi connectivity index (χ2v) is 11.6. The van der Waals surface area contributed by atoms with Gasteiger partial charge in [0.15, 0.2) is 5.11 Å². The number of sulfonamides is 1. The van der Waals surface area contributed by atoms with Gasteiger partial charge < -0.3 is 15.2 Å². The second kappa shape index (κ2) is 11.2. The second-order valence-electron chi connectivity index (χ2n) is 9.33. The number of H-pyrrole nitrogens is 1. The van der Waals surface area contributed by atoms with Crippen LogP contribution in [0.1, 0.15) is 43.9 Å². The van der Waals surface area contributed by atoms with Crippen LogP contribution in [0.3, 0.4) is 0 Å². The summed E-state index contributed by atoms with van der Waals surface area (Å²) in [5.41, 5.74) is 2.58. The zero-order chi connectivity index (χ0) is 24.8. The van der Waals surface area contributed by atoms with E-state index < -0.39 is 10.0 Å². The molecule has 0 saturated carbocycles. The molecule has 1 saturated heterocycles. The van der Waals surface area contributed by atoms with Crippen molar-refractivity contribution in [3.05, 3.63) is 78.4 Å². The Morgan fingerprint density at radius 2 is 1.83 bits per heavy atom. The maximum absolute atomic E-state index is 13.5. The lowest BCUT2D eigenvalue weighted by Gasteiger charge is -2.34. The summed E-state index contributed by atoms with van der Waals surface area (Å²) in [6.45, 7) is 7.26. The Morgan fingerprint density at radius 1 is 1.14 bits per heavy atom. The Balaban J connectivity index is 1.48. The number of hydrogen-bond acceptors (Lipinski definition) is 4. The average Bonchev–Trinajstić information content (AvgIpc) is 3.40. The van der Waals surface area contributed by atoms with Crippen LogP contribution in [0.25, 0.3) is 0 Å². The van der Waals surface area contributed by atoms with E-state index in [0.717, 1.165) is 43.3 Å². The van der Waals surface area contributed by atoms with Gasteiger partial charge >= 0.3 is 0 Å². The van der Waals surface area contributed by atoms with Crippen molar-refractivity contribution in [2.75, 3.05) is 23.9 Å². The van der Waals surface area contributed by atoms with E-state index in [9.17, 15) is 8.42 Å². The molecule has 1 fully saturated rings. The maximum Gasteiger partial charge on any atom is 0.264 e. The van der Waals surface area contributed by atoms with E-state index in [0.29, 0.717) is 17.5 Å². The normalized spacial score (nSPS) is 14.8. The highest BCUT2D eigenvalue weighted by Crippen LogP contribution is 2.31. The molecule has 9 heteroatoms. The van der Waals surface area contributed by atoms with Gasteiger partial charge in [-0.15, -0.1) is 0 Å². The van der Waals surface area contributed by atoms with Crippen LogP contribution in [-0.4, -0.2) is 48.0 Å². The summed E-state index contributed by atoms with van der Waals surface area (Å²) >= 11 is 5.56. The summed E-state index contributed by atoms with van der Waals surface area (Å²) in [5.74, 6) is 0.988. The third-order valence-corrected chi connectivity index (χ3v) is 8.49. The first-order valence-corrected chi connectivity index (χ1v) is 13.9. The average molecular weight is 512 g/mol. The molecule has 1 aliphatic heterocycles. The van der Waals surface area contributed by atoms with Crippen molar-refractivity contribution in [3.8, 4) is 0 Å². The van der Waals surface area contributed by atoms with Crippen LogP contribution in [0.4, 0.5) is 5.69 Å². The van der Waals surface area contributed by atoms with Crippen LogP contribution in [0.15, 0.2) is 72.0 Å². The van der Waals surface area contributed by atoms with E-state index in [1.165, 1.54) is 9.87 Å². The molecule has 7 nitrogen and oxygen atoms in total. The number of aromatic amines is 1. The maximum atomic E-state index is 13.5. The monoisotopic (exact) mass is 511 g/mol. The Kier molecular flexibility index (Phi) is 8.07. The molecule has 0 radical (unpaired) electrons. The quantitative estimate of drug-likeness (QED) is 0.433. The third-order valence-electron chi connectivity index (χ3n) is 6.30. The van der Waals surface area contributed by atoms with Crippen molar-refractivity contribution >= 4 is 33.0 Å². The zero-order valence-electron chi connectivity index (χ0n) is 20.2. The first-order chi connectivity index (χ1) is 16.8. The predicted octanol–water partition coefficient (Wildman–Crippen LogP) is 4.52. The molecule has 2 N–H and O–H groups in total. The van der Waals surface area contributed by atoms with Crippen LogP contribution in [0, 0.1) is 5.92 Å². The first-order valence-electron chi connectivity index (χ1n) is 12.0. The van der Waals surface area contributed by atoms with Crippen molar-refractivity contribution < 1.29 is 8.42 Å². The van der Waals surface area contributed by atoms with Gasteiger partial charge in [0.1, 0.15) is 0 Å². The lowest BCUT2D eigenvalue weighted by atomic mass is 9.89. The molecular weight excluding hydrogens is 478 g/mol. The molecule has 0 aliphatic carbocycles. The van der Waals surface area contributed by atoms with E-state index in [4.69, 9.17) is 12.2 Å². The molecule has 2 aromatic carbocycles. The van der Waals surface area contributed by atoms with Crippen LogP contribution >= 0.6 is 12.2 Å². The summed E-state index contributed by atoms with van der Waals surface area (Å²) < 4.78 is 28.4. The number of piperidine rings is 1. The Bertz CT molecular complexity index is 1190. The SMILES string of the molecule is CC(C)CNC(=S)N1CCC(c2ccc(N(Cc3cnc[nH]3)S(=O)(=O)c3ccccc3)cc2)CC1. The Labute approximate surface area is 213 Å². The van der Waals surface area contributed by atoms with Gasteiger partial charge in [-0.2, -0.15) is 0 Å². The van der Waals surface area contributed by atoms with Crippen molar-refractivity contribution in [2.24, 2.45) is 5.92 Å². The van der Waals surface area contributed by atoms with E-state index in [-0.39, 0.29) is 11.4 Å². The molecule has 3 aromatic rings. The first kappa shape index (κ1) is 25.2. The molecular formula is C26H33N5O2S2. The summed E-state index contributed by atoms with van der Waals surface area (Å²) in [7, 11) is -3.74. The lowest BCUT2D eigenvalue weighted by Crippen LogP contribution is -2.44. The van der Waals surface area contributed by atoms with Gasteiger partial charge in [-0.05, 0) is 66.7 Å². The molecule has 186 valence electrons. The van der Waals surface area contributed by atoms with Crippen molar-refractivity contribution in [2.45, 2.75) is 44.0 Å². The van der Waals surface area contributed by atoms with Crippen LogP contribution < -0.4 is 9.62 Å². The third kappa shape index (κ3) is 6.21. The molecule has 4 rings (SSSR count). The molecule has 1 aliphatic rings. The molecule has 2 heterocycles. The largest absolute Gasteiger partial charge is 0.362 e. The summed E-state index contributed by atoms with van der Waals surface area (Å²) in [5, 5.41) is 4.20. The highest BCUT2D eigenvalue weighted by Gasteiger charge is 2.27. The van der Waals surface area contributed by atoms with Gasteiger partial charge in [0.2, 0.25) is 0 Å². The number of likely N-dealkylation sites (tertiary alicyclic amines) is 1. The van der Waals surface area contributed by atoms with E-state index >= 15 is 0 Å². The van der Waals surface area contributed by atoms with E-state index in [1.54, 1.807) is 36.8 Å². The molecule has 0 bridgehead atoms. The van der Waals surface area contributed by atoms with Gasteiger partial charge in [-0.3, -0.25) is 4.31 Å². The molecule has 35 heavy (non-hydrogen) atoms. The summed E-state index contributed by atoms with van der Waals surface area (Å²) in [6, 6.07) is 16.5. The fourth-order valence-electron chi connectivity index (χ4n) is 4.29. The molecule has 0 spiro atoms. The predicted molar refractivity (Wildman–Crippen MR) is 144 cm³/mol. The number of nitrogens with zero attached hydrogens (tertiary/aromatic N) is 3. The van der Waals surface area contributed by atoms with Gasteiger partial charge in [-0.1, -0.05) is 44.2 Å². The van der Waals surface area contributed by atoms with Crippen LogP contribution in [0.5, 0.6) is 0 Å². The van der Waals surface area contributed by atoms with Crippen molar-refractivity contribution in [1.82, 2.24) is 20.2 Å². The smallest absolute Gasteiger partial charge is 0.264 e. The number of rotatable bonds is 8. The number of hydrogen-bond donors (Lipinski definition) is 2. The molecule has 0 amide bonds. The molecule has 1 aromatic heterocycles. The van der Waals surface area contributed by atoms with Gasteiger partial charge in [0.05, 0.1) is 29.1 Å². The topological polar surface area (TPSA) is 81.3 Å². The molecule has 0 atom stereocenters. The fraction of sp³-hybridized carbons (Fsp3) is 0.385. The number of anilines is 1. The van der Waals surface area contributed by atoms with Crippen molar-refractivity contribution in [1.29, 1.82) is 0 Å². The zero-order valence-corrected chi connectivity index (χ0v) is 21.9. The van der Waals surface area contributed by atoms with Gasteiger partial charge in [0, 0.05) is 25.8 Å². The number of thiocarbonyl (C=S) groups is 1. The lowest BCUT2D eigenvalue weighted by molar-refractivity contribution is 0.308. The summed E-state index contributed by atoms with van der Waals surface area (Å²) in [6.07, 6.45) is 5.24. The minimum atomic E-state index is -3.74. The van der Waals surface area contributed by atoms with E-state index in [2.05, 4.69) is 46.2 Å². The van der Waals surface area contributed by atoms with E-state index in [1.807, 2.05) is 18.2 Å². The number of aromatic nitrogens is 2. The minimum Gasteiger partial charge on any atom is -0.362 e. The standard InChI is InChI=1S/C26H33N5O2S2/c1-20(2)16-28-26(34)30-14-12-22(13-15-30)21-8-10-24(11-9-21)31(18-23-17-27-19-29-23)35(32,33)25-6-4-3-5-7-25/h3-11,17,19-20,22H,12-16,18H2,1-2H3,(H,27,29)(H,28,34). The fourth-order valence-corrected chi connectivity index (χ4v) is 6.02. The van der Waals surface area contributed by atoms with Crippen LogP contribution in [0.2, 0.25) is 0 Å². The Hall–Kier alpha value is -2.91. The highest BCUT2D eigenvalue weighted by molar-refractivity contribution is 7.92. The Morgan fingerprint density at radius 3 is 2.43 bits per heavy atom. The highest BCUT2D eigenvalue weighted by atomic mass is 32.2. The van der Waals surface area contributed by atoms with Gasteiger partial charge in [-0.25, -0.2) is 13.4 Å². The summed E-state index contributed by atoms with van der Waals surface area (Å²) in [4.78, 5) is 9.57. The number of benzene rings is 2. The molecule has 0 unspecified atom stereocenters. The van der Waals surface area contributed by atoms with Crippen LogP contribution in [-0.2, 0) is 16.6 Å².